The van der Waals surface area contributed by atoms with E-state index in [2.05, 4.69) is 15.5 Å². The zero-order valence-electron chi connectivity index (χ0n) is 10.5. The van der Waals surface area contributed by atoms with Crippen molar-refractivity contribution in [2.24, 2.45) is 0 Å². The normalized spacial score (nSPS) is 14.1. The Balaban J connectivity index is 1.51. The number of benzene rings is 1. The van der Waals surface area contributed by atoms with E-state index in [0.717, 1.165) is 5.01 Å². The van der Waals surface area contributed by atoms with Crippen molar-refractivity contribution in [1.29, 1.82) is 0 Å². The summed E-state index contributed by atoms with van der Waals surface area (Å²) in [6.07, 6.45) is 2.33. The van der Waals surface area contributed by atoms with E-state index in [0.29, 0.717) is 21.8 Å². The summed E-state index contributed by atoms with van der Waals surface area (Å²) < 4.78 is 5.35. The van der Waals surface area contributed by atoms with E-state index in [9.17, 15) is 4.79 Å². The summed E-state index contributed by atoms with van der Waals surface area (Å²) in [5.74, 6) is 0.841. The van der Waals surface area contributed by atoms with Crippen LogP contribution in [0.25, 0.3) is 0 Å². The number of nitrogens with zero attached hydrogens (tertiary/aromatic N) is 2. The highest BCUT2D eigenvalue weighted by Gasteiger charge is 2.27. The Morgan fingerprint density at radius 2 is 2.30 bits per heavy atom. The topological polar surface area (TPSA) is 64.1 Å². The van der Waals surface area contributed by atoms with Gasteiger partial charge in [-0.1, -0.05) is 29.0 Å². The lowest BCUT2D eigenvalue weighted by atomic mass is 10.3. The number of amides is 1. The second-order valence-electron chi connectivity index (χ2n) is 4.51. The second-order valence-corrected chi connectivity index (χ2v) is 5.96. The Morgan fingerprint density at radius 3 is 3.05 bits per heavy atom. The van der Waals surface area contributed by atoms with Gasteiger partial charge in [-0.2, -0.15) is 0 Å². The molecule has 1 aromatic carbocycles. The van der Waals surface area contributed by atoms with E-state index in [1.165, 1.54) is 24.2 Å². The molecule has 0 atom stereocenters. The minimum absolute atomic E-state index is 0.0846. The predicted octanol–water partition coefficient (Wildman–Crippen LogP) is 3.09. The summed E-state index contributed by atoms with van der Waals surface area (Å²) in [5.41, 5.74) is 0. The maximum absolute atomic E-state index is 11.7. The first-order valence-electron chi connectivity index (χ1n) is 6.22. The van der Waals surface area contributed by atoms with Gasteiger partial charge in [0.05, 0.1) is 0 Å². The van der Waals surface area contributed by atoms with Crippen molar-refractivity contribution < 1.29 is 9.53 Å². The fraction of sp³-hybridized carbons (Fsp3) is 0.308. The van der Waals surface area contributed by atoms with Crippen molar-refractivity contribution >= 4 is 34.0 Å². The van der Waals surface area contributed by atoms with Gasteiger partial charge in [-0.25, -0.2) is 0 Å². The Hall–Kier alpha value is -1.66. The number of nitrogens with one attached hydrogen (secondary N) is 1. The van der Waals surface area contributed by atoms with E-state index in [1.807, 2.05) is 0 Å². The van der Waals surface area contributed by atoms with Gasteiger partial charge >= 0.3 is 0 Å². The van der Waals surface area contributed by atoms with Gasteiger partial charge in [0.15, 0.2) is 6.61 Å². The molecule has 7 heteroatoms. The lowest BCUT2D eigenvalue weighted by molar-refractivity contribution is -0.118. The van der Waals surface area contributed by atoms with Gasteiger partial charge in [-0.15, -0.1) is 10.2 Å². The zero-order valence-corrected chi connectivity index (χ0v) is 12.1. The number of aromatic nitrogens is 2. The fourth-order valence-corrected chi connectivity index (χ4v) is 2.75. The smallest absolute Gasteiger partial charge is 0.264 e. The van der Waals surface area contributed by atoms with Crippen LogP contribution in [-0.2, 0) is 4.79 Å². The maximum atomic E-state index is 11.7. The summed E-state index contributed by atoms with van der Waals surface area (Å²) in [4.78, 5) is 11.7. The quantitative estimate of drug-likeness (QED) is 0.922. The maximum Gasteiger partial charge on any atom is 0.264 e. The first kappa shape index (κ1) is 13.3. The van der Waals surface area contributed by atoms with Crippen molar-refractivity contribution in [2.45, 2.75) is 18.8 Å². The van der Waals surface area contributed by atoms with Gasteiger partial charge in [0.1, 0.15) is 10.8 Å². The van der Waals surface area contributed by atoms with Crippen molar-refractivity contribution in [3.8, 4) is 5.75 Å². The molecule has 1 fully saturated rings. The van der Waals surface area contributed by atoms with Crippen LogP contribution in [0.5, 0.6) is 5.75 Å². The van der Waals surface area contributed by atoms with Gasteiger partial charge in [-0.3, -0.25) is 10.1 Å². The van der Waals surface area contributed by atoms with E-state index >= 15 is 0 Å². The molecule has 0 aliphatic heterocycles. The number of ether oxygens (including phenoxy) is 1. The summed E-state index contributed by atoms with van der Waals surface area (Å²) in [6.45, 7) is -0.0846. The van der Waals surface area contributed by atoms with Gasteiger partial charge < -0.3 is 4.74 Å². The molecule has 2 aromatic rings. The number of hydrogen-bond donors (Lipinski definition) is 1. The minimum atomic E-state index is -0.261. The van der Waals surface area contributed by atoms with E-state index in [1.54, 1.807) is 24.3 Å². The third-order valence-electron chi connectivity index (χ3n) is 2.78. The largest absolute Gasteiger partial charge is 0.484 e. The number of halogens is 1. The lowest BCUT2D eigenvalue weighted by Crippen LogP contribution is -2.20. The van der Waals surface area contributed by atoms with E-state index < -0.39 is 0 Å². The molecule has 1 aliphatic carbocycles. The average molecular weight is 310 g/mol. The number of carbonyl (C=O) groups is 1. The molecule has 0 spiro atoms. The Morgan fingerprint density at radius 1 is 1.45 bits per heavy atom. The average Bonchev–Trinajstić information content (AvgIpc) is 3.18. The number of anilines is 1. The summed E-state index contributed by atoms with van der Waals surface area (Å²) in [7, 11) is 0. The minimum Gasteiger partial charge on any atom is -0.484 e. The van der Waals surface area contributed by atoms with Gasteiger partial charge in [0, 0.05) is 10.9 Å². The van der Waals surface area contributed by atoms with Gasteiger partial charge in [0.25, 0.3) is 5.91 Å². The molecule has 20 heavy (non-hydrogen) atoms. The third-order valence-corrected chi connectivity index (χ3v) is 4.02. The van der Waals surface area contributed by atoms with Crippen LogP contribution >= 0.6 is 22.9 Å². The number of carbonyl (C=O) groups excluding carboxylic acids is 1. The standard InChI is InChI=1S/C13H12ClN3O2S/c14-9-2-1-3-10(6-9)19-7-11(18)15-13-17-16-12(20-13)8-4-5-8/h1-3,6,8H,4-5,7H2,(H,15,17,18). The van der Waals surface area contributed by atoms with Crippen molar-refractivity contribution in [3.63, 3.8) is 0 Å². The molecular formula is C13H12ClN3O2S. The van der Waals surface area contributed by atoms with Crippen molar-refractivity contribution in [2.75, 3.05) is 11.9 Å². The SMILES string of the molecule is O=C(COc1cccc(Cl)c1)Nc1nnc(C2CC2)s1. The van der Waals surface area contributed by atoms with Crippen molar-refractivity contribution in [3.05, 3.63) is 34.3 Å². The van der Waals surface area contributed by atoms with Crippen LogP contribution in [0.15, 0.2) is 24.3 Å². The molecule has 1 saturated carbocycles. The summed E-state index contributed by atoms with van der Waals surface area (Å²) >= 11 is 7.26. The first-order valence-corrected chi connectivity index (χ1v) is 7.42. The van der Waals surface area contributed by atoms with Crippen LogP contribution in [0.3, 0.4) is 0 Å². The van der Waals surface area contributed by atoms with Crippen LogP contribution in [0.4, 0.5) is 5.13 Å². The number of hydrogen-bond acceptors (Lipinski definition) is 5. The van der Waals surface area contributed by atoms with Crippen LogP contribution in [-0.4, -0.2) is 22.7 Å². The van der Waals surface area contributed by atoms with Crippen LogP contribution in [0.2, 0.25) is 5.02 Å². The second kappa shape index (κ2) is 5.76. The zero-order chi connectivity index (χ0) is 13.9. The predicted molar refractivity (Wildman–Crippen MR) is 77.5 cm³/mol. The molecular weight excluding hydrogens is 298 g/mol. The van der Waals surface area contributed by atoms with Crippen molar-refractivity contribution in [1.82, 2.24) is 10.2 Å². The van der Waals surface area contributed by atoms with Crippen LogP contribution in [0.1, 0.15) is 23.8 Å². The lowest BCUT2D eigenvalue weighted by Gasteiger charge is -2.05. The molecule has 0 radical (unpaired) electrons. The molecule has 1 amide bonds. The molecule has 1 heterocycles. The van der Waals surface area contributed by atoms with E-state index in [-0.39, 0.29) is 12.5 Å². The van der Waals surface area contributed by atoms with Crippen LogP contribution in [0, 0.1) is 0 Å². The Labute approximate surface area is 124 Å². The molecule has 5 nitrogen and oxygen atoms in total. The molecule has 3 rings (SSSR count). The molecule has 0 unspecified atom stereocenters. The molecule has 1 aliphatic rings. The monoisotopic (exact) mass is 309 g/mol. The van der Waals surface area contributed by atoms with Gasteiger partial charge in [-0.05, 0) is 31.0 Å². The summed E-state index contributed by atoms with van der Waals surface area (Å²) in [5, 5.41) is 12.8. The first-order chi connectivity index (χ1) is 9.70. The number of rotatable bonds is 5. The van der Waals surface area contributed by atoms with Crippen LogP contribution < -0.4 is 10.1 Å². The molecule has 1 aromatic heterocycles. The van der Waals surface area contributed by atoms with Gasteiger partial charge in [0.2, 0.25) is 5.13 Å². The molecule has 0 bridgehead atoms. The third kappa shape index (κ3) is 3.46. The molecule has 1 N–H and O–H groups in total. The highest BCUT2D eigenvalue weighted by atomic mass is 35.5. The fourth-order valence-electron chi connectivity index (χ4n) is 1.64. The molecule has 104 valence electrons. The highest BCUT2D eigenvalue weighted by molar-refractivity contribution is 7.15. The summed E-state index contributed by atoms with van der Waals surface area (Å²) in [6, 6.07) is 6.91. The molecule has 0 saturated heterocycles. The highest BCUT2D eigenvalue weighted by Crippen LogP contribution is 2.41. The Kier molecular flexibility index (Phi) is 3.84. The Bertz CT molecular complexity index is 628. The van der Waals surface area contributed by atoms with E-state index in [4.69, 9.17) is 16.3 Å².